The lowest BCUT2D eigenvalue weighted by Gasteiger charge is -2.09. The summed E-state index contributed by atoms with van der Waals surface area (Å²) in [6.07, 6.45) is 5.82. The van der Waals surface area contributed by atoms with Gasteiger partial charge in [0.1, 0.15) is 5.82 Å². The molecular weight excluding hydrogens is 322 g/mol. The predicted octanol–water partition coefficient (Wildman–Crippen LogP) is 3.53. The zero-order valence-electron chi connectivity index (χ0n) is 15.2. The van der Waals surface area contributed by atoms with E-state index in [-0.39, 0.29) is 5.91 Å². The second kappa shape index (κ2) is 8.99. The minimum Gasteiger partial charge on any atom is -0.356 e. The summed E-state index contributed by atoms with van der Waals surface area (Å²) in [5, 5.41) is 3.00. The zero-order chi connectivity index (χ0) is 18.2. The highest BCUT2D eigenvalue weighted by Gasteiger charge is 2.06. The van der Waals surface area contributed by atoms with Crippen LogP contribution < -0.4 is 5.32 Å². The van der Waals surface area contributed by atoms with Crippen molar-refractivity contribution >= 4 is 5.91 Å². The van der Waals surface area contributed by atoms with E-state index in [9.17, 15) is 4.79 Å². The van der Waals surface area contributed by atoms with Crippen LogP contribution in [0.15, 0.2) is 67.0 Å². The first-order valence-electron chi connectivity index (χ1n) is 9.07. The Bertz CT molecular complexity index is 822. The van der Waals surface area contributed by atoms with Crippen LogP contribution in [-0.2, 0) is 24.2 Å². The molecule has 0 atom stereocenters. The maximum atomic E-state index is 12.0. The highest BCUT2D eigenvalue weighted by atomic mass is 16.1. The molecule has 3 aromatic rings. The van der Waals surface area contributed by atoms with E-state index in [1.54, 1.807) is 0 Å². The molecule has 0 saturated carbocycles. The molecule has 0 fully saturated rings. The van der Waals surface area contributed by atoms with Crippen molar-refractivity contribution in [2.75, 3.05) is 6.54 Å². The average Bonchev–Trinajstić information content (AvgIpc) is 3.09. The van der Waals surface area contributed by atoms with Gasteiger partial charge >= 0.3 is 0 Å². The fourth-order valence-corrected chi connectivity index (χ4v) is 2.91. The average molecular weight is 347 g/mol. The fourth-order valence-electron chi connectivity index (χ4n) is 2.91. The first kappa shape index (κ1) is 17.9. The van der Waals surface area contributed by atoms with E-state index in [4.69, 9.17) is 0 Å². The maximum absolute atomic E-state index is 12.0. The van der Waals surface area contributed by atoms with Gasteiger partial charge in [0.25, 0.3) is 0 Å². The van der Waals surface area contributed by atoms with Crippen molar-refractivity contribution in [2.45, 2.75) is 32.7 Å². The van der Waals surface area contributed by atoms with Gasteiger partial charge in [-0.25, -0.2) is 4.98 Å². The van der Waals surface area contributed by atoms with Gasteiger partial charge in [-0.2, -0.15) is 0 Å². The summed E-state index contributed by atoms with van der Waals surface area (Å²) in [4.78, 5) is 16.5. The summed E-state index contributed by atoms with van der Waals surface area (Å²) >= 11 is 0. The Morgan fingerprint density at radius 3 is 2.54 bits per heavy atom. The lowest BCUT2D eigenvalue weighted by Crippen LogP contribution is -2.26. The van der Waals surface area contributed by atoms with Crippen LogP contribution in [0.2, 0.25) is 0 Å². The summed E-state index contributed by atoms with van der Waals surface area (Å²) in [6, 6.07) is 18.7. The van der Waals surface area contributed by atoms with E-state index < -0.39 is 0 Å². The lowest BCUT2D eigenvalue weighted by molar-refractivity contribution is -0.121. The van der Waals surface area contributed by atoms with Crippen LogP contribution in [0.3, 0.4) is 0 Å². The SMILES string of the molecule is Cc1ccc(CCC(=O)NCCc2nccn2Cc2ccccc2)cc1. The summed E-state index contributed by atoms with van der Waals surface area (Å²) < 4.78 is 2.13. The van der Waals surface area contributed by atoms with E-state index in [0.29, 0.717) is 13.0 Å². The van der Waals surface area contributed by atoms with Gasteiger partial charge in [0.05, 0.1) is 0 Å². The number of imidazole rings is 1. The zero-order valence-corrected chi connectivity index (χ0v) is 15.2. The Morgan fingerprint density at radius 1 is 1.00 bits per heavy atom. The monoisotopic (exact) mass is 347 g/mol. The number of nitrogens with zero attached hydrogens (tertiary/aromatic N) is 2. The Labute approximate surface area is 154 Å². The maximum Gasteiger partial charge on any atom is 0.220 e. The van der Waals surface area contributed by atoms with Crippen molar-refractivity contribution < 1.29 is 4.79 Å². The van der Waals surface area contributed by atoms with E-state index in [1.165, 1.54) is 16.7 Å². The third-order valence-corrected chi connectivity index (χ3v) is 4.43. The molecule has 3 rings (SSSR count). The molecule has 0 bridgehead atoms. The number of rotatable bonds is 8. The predicted molar refractivity (Wildman–Crippen MR) is 104 cm³/mol. The van der Waals surface area contributed by atoms with Gasteiger partial charge in [-0.05, 0) is 24.5 Å². The Morgan fingerprint density at radius 2 is 1.77 bits per heavy atom. The van der Waals surface area contributed by atoms with Crippen LogP contribution in [0.5, 0.6) is 0 Å². The molecule has 2 aromatic carbocycles. The van der Waals surface area contributed by atoms with Gasteiger partial charge in [-0.3, -0.25) is 4.79 Å². The van der Waals surface area contributed by atoms with Crippen LogP contribution in [0, 0.1) is 6.92 Å². The normalized spacial score (nSPS) is 10.7. The number of nitrogens with one attached hydrogen (secondary N) is 1. The third-order valence-electron chi connectivity index (χ3n) is 4.43. The molecule has 0 unspecified atom stereocenters. The Hall–Kier alpha value is -2.88. The number of amides is 1. The first-order chi connectivity index (χ1) is 12.7. The third kappa shape index (κ3) is 5.31. The van der Waals surface area contributed by atoms with E-state index in [0.717, 1.165) is 25.2 Å². The van der Waals surface area contributed by atoms with Gasteiger partial charge in [0.15, 0.2) is 0 Å². The molecule has 4 nitrogen and oxygen atoms in total. The molecule has 0 radical (unpaired) electrons. The van der Waals surface area contributed by atoms with Crippen LogP contribution in [0.25, 0.3) is 0 Å². The molecule has 0 spiro atoms. The quantitative estimate of drug-likeness (QED) is 0.677. The molecule has 0 aliphatic rings. The number of aromatic nitrogens is 2. The van der Waals surface area contributed by atoms with Crippen molar-refractivity contribution in [1.29, 1.82) is 0 Å². The molecule has 1 amide bonds. The molecule has 0 aliphatic heterocycles. The number of benzene rings is 2. The number of hydrogen-bond donors (Lipinski definition) is 1. The molecule has 1 aromatic heterocycles. The molecule has 1 N–H and O–H groups in total. The van der Waals surface area contributed by atoms with E-state index in [1.807, 2.05) is 30.6 Å². The van der Waals surface area contributed by atoms with E-state index >= 15 is 0 Å². The molecule has 0 saturated heterocycles. The Balaban J connectivity index is 1.42. The first-order valence-corrected chi connectivity index (χ1v) is 9.07. The number of carbonyl (C=O) groups excluding carboxylic acids is 1. The Kier molecular flexibility index (Phi) is 6.20. The van der Waals surface area contributed by atoms with Gasteiger partial charge in [-0.1, -0.05) is 60.2 Å². The highest BCUT2D eigenvalue weighted by molar-refractivity contribution is 5.76. The highest BCUT2D eigenvalue weighted by Crippen LogP contribution is 2.07. The summed E-state index contributed by atoms with van der Waals surface area (Å²) in [7, 11) is 0. The number of hydrogen-bond acceptors (Lipinski definition) is 2. The standard InChI is InChI=1S/C22H25N3O/c1-18-7-9-19(10-8-18)11-12-22(26)24-14-13-21-23-15-16-25(21)17-20-5-3-2-4-6-20/h2-10,15-16H,11-14,17H2,1H3,(H,24,26). The molecule has 134 valence electrons. The molecular formula is C22H25N3O. The summed E-state index contributed by atoms with van der Waals surface area (Å²) in [6.45, 7) is 3.48. The number of carbonyl (C=O) groups is 1. The minimum atomic E-state index is 0.0896. The van der Waals surface area contributed by atoms with Gasteiger partial charge < -0.3 is 9.88 Å². The topological polar surface area (TPSA) is 46.9 Å². The van der Waals surface area contributed by atoms with E-state index in [2.05, 4.69) is 58.2 Å². The van der Waals surface area contributed by atoms with Crippen LogP contribution in [0.1, 0.15) is 28.9 Å². The van der Waals surface area contributed by atoms with Crippen molar-refractivity contribution in [1.82, 2.24) is 14.9 Å². The molecule has 26 heavy (non-hydrogen) atoms. The summed E-state index contributed by atoms with van der Waals surface area (Å²) in [5.41, 5.74) is 3.68. The number of aryl methyl sites for hydroxylation is 2. The lowest BCUT2D eigenvalue weighted by atomic mass is 10.1. The second-order valence-corrected chi connectivity index (χ2v) is 6.54. The fraction of sp³-hybridized carbons (Fsp3) is 0.273. The van der Waals surface area contributed by atoms with Gasteiger partial charge in [0, 0.05) is 38.3 Å². The largest absolute Gasteiger partial charge is 0.356 e. The summed E-state index contributed by atoms with van der Waals surface area (Å²) in [5.74, 6) is 1.08. The molecule has 1 heterocycles. The van der Waals surface area contributed by atoms with Gasteiger partial charge in [-0.15, -0.1) is 0 Å². The van der Waals surface area contributed by atoms with Crippen LogP contribution >= 0.6 is 0 Å². The molecule has 4 heteroatoms. The smallest absolute Gasteiger partial charge is 0.220 e. The second-order valence-electron chi connectivity index (χ2n) is 6.54. The van der Waals surface area contributed by atoms with Crippen molar-refractivity contribution in [3.63, 3.8) is 0 Å². The van der Waals surface area contributed by atoms with Gasteiger partial charge in [0.2, 0.25) is 5.91 Å². The minimum absolute atomic E-state index is 0.0896. The van der Waals surface area contributed by atoms with Crippen molar-refractivity contribution in [2.24, 2.45) is 0 Å². The molecule has 0 aliphatic carbocycles. The van der Waals surface area contributed by atoms with Crippen LogP contribution in [0.4, 0.5) is 0 Å². The van der Waals surface area contributed by atoms with Crippen molar-refractivity contribution in [3.05, 3.63) is 89.5 Å². The van der Waals surface area contributed by atoms with Crippen LogP contribution in [-0.4, -0.2) is 22.0 Å². The van der Waals surface area contributed by atoms with Crippen molar-refractivity contribution in [3.8, 4) is 0 Å².